The van der Waals surface area contributed by atoms with E-state index in [1.54, 1.807) is 31.6 Å². The Bertz CT molecular complexity index is 1160. The third-order valence-electron chi connectivity index (χ3n) is 4.31. The van der Waals surface area contributed by atoms with Crippen molar-refractivity contribution in [3.8, 4) is 5.75 Å². The molecule has 0 bridgehead atoms. The van der Waals surface area contributed by atoms with Gasteiger partial charge in [-0.05, 0) is 25.1 Å². The molecule has 0 saturated carbocycles. The van der Waals surface area contributed by atoms with Crippen LogP contribution in [0, 0.1) is 0 Å². The van der Waals surface area contributed by atoms with Crippen molar-refractivity contribution in [2.45, 2.75) is 13.0 Å². The largest absolute Gasteiger partial charge is 0.479 e. The van der Waals surface area contributed by atoms with E-state index in [1.165, 1.54) is 0 Å². The van der Waals surface area contributed by atoms with Crippen molar-refractivity contribution < 1.29 is 9.53 Å². The van der Waals surface area contributed by atoms with E-state index >= 15 is 0 Å². The Balaban J connectivity index is 1.45. The van der Waals surface area contributed by atoms with Gasteiger partial charge in [0.25, 0.3) is 5.91 Å². The summed E-state index contributed by atoms with van der Waals surface area (Å²) >= 11 is 0. The summed E-state index contributed by atoms with van der Waals surface area (Å²) in [5, 5.41) is 6.02. The number of nitrogens with zero attached hydrogens (tertiary/aromatic N) is 3. The highest BCUT2D eigenvalue weighted by Gasteiger charge is 2.15. The van der Waals surface area contributed by atoms with E-state index < -0.39 is 6.10 Å². The first-order valence-electron chi connectivity index (χ1n) is 8.89. The number of ether oxygens (including phenoxy) is 1. The summed E-state index contributed by atoms with van der Waals surface area (Å²) in [6, 6.07) is 19.1. The van der Waals surface area contributed by atoms with E-state index in [0.717, 1.165) is 27.4 Å². The maximum absolute atomic E-state index is 12.4. The molecule has 0 spiro atoms. The topological polar surface area (TPSA) is 76.5 Å². The van der Waals surface area contributed by atoms with Gasteiger partial charge in [0.2, 0.25) is 0 Å². The van der Waals surface area contributed by atoms with Gasteiger partial charge in [0.1, 0.15) is 11.3 Å². The second-order valence-corrected chi connectivity index (χ2v) is 6.25. The number of nitrogens with one attached hydrogen (secondary N) is 1. The lowest BCUT2D eigenvalue weighted by Crippen LogP contribution is -2.33. The van der Waals surface area contributed by atoms with Gasteiger partial charge < -0.3 is 4.74 Å². The molecule has 1 atom stereocenters. The molecular formula is C22H18N4O2. The SMILES string of the molecule is CC(Oc1cccc2cccnc12)C(=O)N/N=C/c1cccc2cccnc12. The standard InChI is InChI=1S/C22H18N4O2/c1-15(28-19-11-3-7-17-10-5-13-24-21(17)19)22(27)26-25-14-18-8-2-6-16-9-4-12-23-20(16)18/h2-15H,1H3,(H,26,27)/b25-14+. The number of benzene rings is 2. The van der Waals surface area contributed by atoms with Crippen LogP contribution in [0.4, 0.5) is 0 Å². The van der Waals surface area contributed by atoms with Crippen molar-refractivity contribution in [1.29, 1.82) is 0 Å². The van der Waals surface area contributed by atoms with Crippen LogP contribution in [0.2, 0.25) is 0 Å². The molecule has 138 valence electrons. The molecule has 0 aliphatic rings. The highest BCUT2D eigenvalue weighted by Crippen LogP contribution is 2.23. The molecular weight excluding hydrogens is 352 g/mol. The molecule has 1 unspecified atom stereocenters. The Labute approximate surface area is 161 Å². The number of aromatic nitrogens is 2. The van der Waals surface area contributed by atoms with Gasteiger partial charge in [-0.2, -0.15) is 5.10 Å². The average Bonchev–Trinajstić information content (AvgIpc) is 2.74. The fourth-order valence-corrected chi connectivity index (χ4v) is 2.90. The summed E-state index contributed by atoms with van der Waals surface area (Å²) < 4.78 is 5.80. The van der Waals surface area contributed by atoms with E-state index in [1.807, 2.05) is 54.6 Å². The van der Waals surface area contributed by atoms with Crippen molar-refractivity contribution in [1.82, 2.24) is 15.4 Å². The van der Waals surface area contributed by atoms with Crippen LogP contribution in [0.3, 0.4) is 0 Å². The van der Waals surface area contributed by atoms with E-state index in [9.17, 15) is 4.79 Å². The number of hydrogen-bond donors (Lipinski definition) is 1. The summed E-state index contributed by atoms with van der Waals surface area (Å²) in [5.74, 6) is 0.209. The van der Waals surface area contributed by atoms with Gasteiger partial charge in [0.15, 0.2) is 6.10 Å². The summed E-state index contributed by atoms with van der Waals surface area (Å²) in [7, 11) is 0. The smallest absolute Gasteiger partial charge is 0.280 e. The van der Waals surface area contributed by atoms with Crippen LogP contribution in [-0.4, -0.2) is 28.2 Å². The van der Waals surface area contributed by atoms with Gasteiger partial charge in [0.05, 0.1) is 11.7 Å². The first kappa shape index (κ1) is 17.6. The van der Waals surface area contributed by atoms with Gasteiger partial charge in [-0.1, -0.05) is 42.5 Å². The van der Waals surface area contributed by atoms with E-state index in [4.69, 9.17) is 4.74 Å². The summed E-state index contributed by atoms with van der Waals surface area (Å²) in [4.78, 5) is 21.0. The highest BCUT2D eigenvalue weighted by molar-refractivity contribution is 5.97. The molecule has 6 heteroatoms. The zero-order chi connectivity index (χ0) is 19.3. The van der Waals surface area contributed by atoms with Crippen LogP contribution in [0.1, 0.15) is 12.5 Å². The van der Waals surface area contributed by atoms with E-state index in [2.05, 4.69) is 20.5 Å². The van der Waals surface area contributed by atoms with Crippen molar-refractivity contribution in [3.05, 3.63) is 78.6 Å². The quantitative estimate of drug-likeness (QED) is 0.429. The zero-order valence-corrected chi connectivity index (χ0v) is 15.2. The first-order chi connectivity index (χ1) is 13.7. The van der Waals surface area contributed by atoms with Crippen LogP contribution in [0.5, 0.6) is 5.75 Å². The predicted octanol–water partition coefficient (Wildman–Crippen LogP) is 3.70. The lowest BCUT2D eigenvalue weighted by atomic mass is 10.1. The van der Waals surface area contributed by atoms with Crippen molar-refractivity contribution in [2.75, 3.05) is 0 Å². The molecule has 0 radical (unpaired) electrons. The maximum atomic E-state index is 12.4. The van der Waals surface area contributed by atoms with Crippen LogP contribution in [0.15, 0.2) is 78.2 Å². The molecule has 1 amide bonds. The van der Waals surface area contributed by atoms with Crippen LogP contribution in [0.25, 0.3) is 21.8 Å². The molecule has 2 aromatic carbocycles. The summed E-state index contributed by atoms with van der Waals surface area (Å²) in [6.07, 6.45) is 4.28. The fraction of sp³-hybridized carbons (Fsp3) is 0.0909. The van der Waals surface area contributed by atoms with Gasteiger partial charge in [-0.25, -0.2) is 5.43 Å². The average molecular weight is 370 g/mol. The van der Waals surface area contributed by atoms with Crippen molar-refractivity contribution in [3.63, 3.8) is 0 Å². The highest BCUT2D eigenvalue weighted by atomic mass is 16.5. The minimum Gasteiger partial charge on any atom is -0.479 e. The third-order valence-corrected chi connectivity index (χ3v) is 4.31. The number of amides is 1. The molecule has 2 heterocycles. The van der Waals surface area contributed by atoms with Crippen LogP contribution < -0.4 is 10.2 Å². The second-order valence-electron chi connectivity index (χ2n) is 6.25. The monoisotopic (exact) mass is 370 g/mol. The van der Waals surface area contributed by atoms with Gasteiger partial charge >= 0.3 is 0 Å². The number of carbonyl (C=O) groups excluding carboxylic acids is 1. The third kappa shape index (κ3) is 3.66. The predicted molar refractivity (Wildman–Crippen MR) is 109 cm³/mol. The number of fused-ring (bicyclic) bond motifs is 2. The molecule has 4 rings (SSSR count). The molecule has 2 aromatic heterocycles. The molecule has 0 saturated heterocycles. The molecule has 0 aliphatic heterocycles. The van der Waals surface area contributed by atoms with Gasteiger partial charge in [-0.3, -0.25) is 14.8 Å². The number of para-hydroxylation sites is 2. The van der Waals surface area contributed by atoms with Crippen LogP contribution >= 0.6 is 0 Å². The Hall–Kier alpha value is -3.80. The Morgan fingerprint density at radius 2 is 1.61 bits per heavy atom. The van der Waals surface area contributed by atoms with Crippen LogP contribution in [-0.2, 0) is 4.79 Å². The number of carbonyl (C=O) groups is 1. The second kappa shape index (κ2) is 7.84. The number of rotatable bonds is 5. The van der Waals surface area contributed by atoms with Crippen molar-refractivity contribution in [2.24, 2.45) is 5.10 Å². The molecule has 6 nitrogen and oxygen atoms in total. The van der Waals surface area contributed by atoms with E-state index in [0.29, 0.717) is 5.75 Å². The normalized spacial score (nSPS) is 12.3. The Morgan fingerprint density at radius 3 is 2.39 bits per heavy atom. The summed E-state index contributed by atoms with van der Waals surface area (Å²) in [5.41, 5.74) is 4.89. The number of hydrazone groups is 1. The van der Waals surface area contributed by atoms with Gasteiger partial charge in [0, 0.05) is 28.7 Å². The minimum absolute atomic E-state index is 0.350. The molecule has 1 N–H and O–H groups in total. The minimum atomic E-state index is -0.726. The molecule has 0 fully saturated rings. The van der Waals surface area contributed by atoms with Crippen molar-refractivity contribution >= 4 is 33.9 Å². The van der Waals surface area contributed by atoms with E-state index in [-0.39, 0.29) is 5.91 Å². The zero-order valence-electron chi connectivity index (χ0n) is 15.2. The Kier molecular flexibility index (Phi) is 4.93. The number of hydrogen-bond acceptors (Lipinski definition) is 5. The maximum Gasteiger partial charge on any atom is 0.280 e. The fourth-order valence-electron chi connectivity index (χ4n) is 2.90. The summed E-state index contributed by atoms with van der Waals surface area (Å²) in [6.45, 7) is 1.67. The Morgan fingerprint density at radius 1 is 0.964 bits per heavy atom. The molecule has 4 aromatic rings. The number of pyridine rings is 2. The lowest BCUT2D eigenvalue weighted by molar-refractivity contribution is -0.127. The lowest BCUT2D eigenvalue weighted by Gasteiger charge is -2.14. The molecule has 28 heavy (non-hydrogen) atoms. The first-order valence-corrected chi connectivity index (χ1v) is 8.89. The molecule has 0 aliphatic carbocycles. The van der Waals surface area contributed by atoms with Gasteiger partial charge in [-0.15, -0.1) is 0 Å².